The minimum absolute atomic E-state index is 0.0653. The van der Waals surface area contributed by atoms with Crippen LogP contribution < -0.4 is 24.8 Å². The SMILES string of the molecule is COc1ccc2nc3c(nc2c1)O[C@H]1CN(C(=O)[C@H](C(C)(C)C)NC(=O)O[C@H](C)CCCCCC3F)[C@H](C(=O)N[C@]2(C(=O)NS(=O)(=O)C3(C)CC3)C[C@H]2C(F)F)[C@@H]1C. The molecule has 2 saturated carbocycles. The van der Waals surface area contributed by atoms with Gasteiger partial charge in [0, 0.05) is 12.0 Å². The van der Waals surface area contributed by atoms with Gasteiger partial charge in [0.1, 0.15) is 47.4 Å². The fourth-order valence-electron chi connectivity index (χ4n) is 7.71. The highest BCUT2D eigenvalue weighted by atomic mass is 32.2. The number of cyclic esters (lactones) is 1. The number of alkyl halides is 3. The van der Waals surface area contributed by atoms with Crippen molar-refractivity contribution in [3.8, 4) is 11.6 Å². The number of amides is 4. The molecular formula is C39H53F3N6O9S. The van der Waals surface area contributed by atoms with Gasteiger partial charge in [-0.05, 0) is 69.9 Å². The maximum absolute atomic E-state index is 16.2. The largest absolute Gasteiger partial charge is 0.497 e. The van der Waals surface area contributed by atoms with Crippen LogP contribution in [-0.4, -0.2) is 102 Å². The number of carbonyl (C=O) groups excluding carboxylic acids is 4. The summed E-state index contributed by atoms with van der Waals surface area (Å²) in [6.45, 7) is 9.44. The first-order chi connectivity index (χ1) is 27.1. The molecule has 15 nitrogen and oxygen atoms in total. The van der Waals surface area contributed by atoms with Gasteiger partial charge in [-0.3, -0.25) is 19.1 Å². The molecule has 2 aliphatic heterocycles. The Kier molecular flexibility index (Phi) is 11.9. The number of carbonyl (C=O) groups is 4. The highest BCUT2D eigenvalue weighted by molar-refractivity contribution is 7.91. The normalized spacial score (nSPS) is 30.5. The van der Waals surface area contributed by atoms with Crippen LogP contribution in [0.5, 0.6) is 11.6 Å². The standard InChI is InChI=1S/C39H53F3N6O9S/c1-20-11-9-8-10-12-24(40)28-33(44-26-17-22(55-7)13-14-25(26)43-28)57-27-19-48(34(50)30(37(3,4)5)45-36(52)56-20)29(21(27)2)32(49)46-39(18-23(39)31(41)42)35(51)47-58(53,54)38(6)15-16-38/h13-14,17,20-21,23-24,27,29-31H,8-12,15-16,18-19H2,1-7H3,(H,45,52)(H,46,49)(H,47,51)/t20-,21-,23+,24?,27+,29+,30-,39-/m1/s1. The van der Waals surface area contributed by atoms with Gasteiger partial charge in [-0.25, -0.2) is 36.4 Å². The second-order valence-electron chi connectivity index (χ2n) is 17.5. The Balaban J connectivity index is 1.40. The smallest absolute Gasteiger partial charge is 0.408 e. The molecule has 3 N–H and O–H groups in total. The number of aromatic nitrogens is 2. The van der Waals surface area contributed by atoms with Crippen molar-refractivity contribution < 1.29 is 55.0 Å². The van der Waals surface area contributed by atoms with Crippen molar-refractivity contribution >= 4 is 44.9 Å². The van der Waals surface area contributed by atoms with Crippen molar-refractivity contribution in [3.05, 3.63) is 23.9 Å². The molecule has 1 aromatic carbocycles. The average molecular weight is 839 g/mol. The lowest BCUT2D eigenvalue weighted by Crippen LogP contribution is -2.61. The minimum Gasteiger partial charge on any atom is -0.497 e. The number of hydrogen-bond donors (Lipinski definition) is 3. The van der Waals surface area contributed by atoms with Crippen molar-refractivity contribution in [1.82, 2.24) is 30.2 Å². The van der Waals surface area contributed by atoms with Gasteiger partial charge in [-0.15, -0.1) is 0 Å². The molecule has 19 heteroatoms. The third kappa shape index (κ3) is 8.64. The third-order valence-electron chi connectivity index (χ3n) is 11.9. The van der Waals surface area contributed by atoms with Crippen LogP contribution in [0.25, 0.3) is 11.0 Å². The van der Waals surface area contributed by atoms with E-state index in [0.717, 1.165) is 4.90 Å². The number of nitrogens with one attached hydrogen (secondary N) is 3. The number of hydrogen-bond acceptors (Lipinski definition) is 11. The molecule has 1 unspecified atom stereocenters. The maximum Gasteiger partial charge on any atom is 0.408 e. The van der Waals surface area contributed by atoms with E-state index in [4.69, 9.17) is 14.2 Å². The second-order valence-corrected chi connectivity index (χ2v) is 19.7. The first-order valence-electron chi connectivity index (χ1n) is 19.7. The first-order valence-corrected chi connectivity index (χ1v) is 21.2. The molecule has 3 heterocycles. The van der Waals surface area contributed by atoms with E-state index in [1.54, 1.807) is 52.8 Å². The quantitative estimate of drug-likeness (QED) is 0.344. The third-order valence-corrected chi connectivity index (χ3v) is 14.1. The summed E-state index contributed by atoms with van der Waals surface area (Å²) in [6, 6.07) is 2.08. The monoisotopic (exact) mass is 838 g/mol. The van der Waals surface area contributed by atoms with Gasteiger partial charge in [0.25, 0.3) is 5.91 Å². The van der Waals surface area contributed by atoms with E-state index in [1.807, 2.05) is 4.72 Å². The summed E-state index contributed by atoms with van der Waals surface area (Å²) < 4.78 is 88.9. The molecule has 4 amide bonds. The summed E-state index contributed by atoms with van der Waals surface area (Å²) in [5.74, 6) is -5.51. The van der Waals surface area contributed by atoms with Crippen LogP contribution in [0.4, 0.5) is 18.0 Å². The Labute approximate surface area is 335 Å². The van der Waals surface area contributed by atoms with Crippen molar-refractivity contribution in [2.45, 2.75) is 140 Å². The molecule has 2 aliphatic carbocycles. The predicted octanol–water partition coefficient (Wildman–Crippen LogP) is 4.88. The van der Waals surface area contributed by atoms with Crippen LogP contribution in [0.3, 0.4) is 0 Å². The van der Waals surface area contributed by atoms with Gasteiger partial charge in [0.15, 0.2) is 0 Å². The van der Waals surface area contributed by atoms with Crippen LogP contribution in [0, 0.1) is 17.3 Å². The van der Waals surface area contributed by atoms with Crippen molar-refractivity contribution in [2.24, 2.45) is 17.3 Å². The fraction of sp³-hybridized carbons (Fsp3) is 0.692. The van der Waals surface area contributed by atoms with E-state index in [-0.39, 0.29) is 37.4 Å². The molecule has 2 aromatic rings. The molecule has 0 radical (unpaired) electrons. The fourth-order valence-corrected chi connectivity index (χ4v) is 9.02. The average Bonchev–Trinajstić information content (AvgIpc) is 4.05. The van der Waals surface area contributed by atoms with Crippen LogP contribution >= 0.6 is 0 Å². The van der Waals surface area contributed by atoms with E-state index in [0.29, 0.717) is 42.5 Å². The van der Waals surface area contributed by atoms with Crippen LogP contribution in [-0.2, 0) is 29.1 Å². The molecule has 2 bridgehead atoms. The van der Waals surface area contributed by atoms with Gasteiger partial charge < -0.3 is 29.7 Å². The molecule has 1 aromatic heterocycles. The van der Waals surface area contributed by atoms with E-state index < -0.39 is 105 Å². The number of benzene rings is 1. The Morgan fingerprint density at radius 1 is 1.05 bits per heavy atom. The molecular weight excluding hydrogens is 786 g/mol. The number of ether oxygens (including phenoxy) is 3. The number of halogens is 3. The van der Waals surface area contributed by atoms with Gasteiger partial charge in [-0.2, -0.15) is 0 Å². The van der Waals surface area contributed by atoms with E-state index >= 15 is 4.39 Å². The highest BCUT2D eigenvalue weighted by Gasteiger charge is 2.67. The lowest BCUT2D eigenvalue weighted by molar-refractivity contribution is -0.143. The number of rotatable bonds is 7. The molecule has 320 valence electrons. The Morgan fingerprint density at radius 3 is 2.36 bits per heavy atom. The molecule has 0 spiro atoms. The molecule has 8 atom stereocenters. The number of alkyl carbamates (subject to hydrolysis) is 1. The molecule has 1 saturated heterocycles. The van der Waals surface area contributed by atoms with Crippen LogP contribution in [0.15, 0.2) is 18.2 Å². The first kappa shape index (κ1) is 43.2. The van der Waals surface area contributed by atoms with E-state index in [9.17, 15) is 36.4 Å². The number of sulfonamides is 1. The summed E-state index contributed by atoms with van der Waals surface area (Å²) >= 11 is 0. The Bertz CT molecular complexity index is 2050. The summed E-state index contributed by atoms with van der Waals surface area (Å²) in [5.41, 5.74) is -2.67. The van der Waals surface area contributed by atoms with Crippen molar-refractivity contribution in [3.63, 3.8) is 0 Å². The van der Waals surface area contributed by atoms with Crippen molar-refractivity contribution in [1.29, 1.82) is 0 Å². The summed E-state index contributed by atoms with van der Waals surface area (Å²) in [7, 11) is -2.81. The second kappa shape index (κ2) is 16.0. The van der Waals surface area contributed by atoms with Crippen LogP contribution in [0.1, 0.15) is 105 Å². The lowest BCUT2D eigenvalue weighted by atomic mass is 9.85. The van der Waals surface area contributed by atoms with E-state index in [2.05, 4.69) is 20.6 Å². The topological polar surface area (TPSA) is 195 Å². The van der Waals surface area contributed by atoms with Crippen LogP contribution in [0.2, 0.25) is 0 Å². The number of fused-ring (bicyclic) bond motifs is 4. The molecule has 3 fully saturated rings. The zero-order chi connectivity index (χ0) is 42.5. The molecule has 6 rings (SSSR count). The molecule has 4 aliphatic rings. The summed E-state index contributed by atoms with van der Waals surface area (Å²) in [6.07, 6.45) is -5.03. The number of nitrogens with zero attached hydrogens (tertiary/aromatic N) is 3. The van der Waals surface area contributed by atoms with E-state index in [1.165, 1.54) is 14.0 Å². The minimum atomic E-state index is -4.28. The maximum atomic E-state index is 16.2. The Hall–Kier alpha value is -4.42. The summed E-state index contributed by atoms with van der Waals surface area (Å²) in [4.78, 5) is 66.4. The van der Waals surface area contributed by atoms with Gasteiger partial charge in [-0.1, -0.05) is 40.5 Å². The van der Waals surface area contributed by atoms with Gasteiger partial charge in [0.2, 0.25) is 34.1 Å². The highest BCUT2D eigenvalue weighted by Crippen LogP contribution is 2.50. The van der Waals surface area contributed by atoms with Crippen molar-refractivity contribution in [2.75, 3.05) is 13.7 Å². The molecule has 58 heavy (non-hydrogen) atoms. The number of methoxy groups -OCH3 is 1. The van der Waals surface area contributed by atoms with Gasteiger partial charge in [0.05, 0.1) is 35.4 Å². The zero-order valence-corrected chi connectivity index (χ0v) is 34.6. The zero-order valence-electron chi connectivity index (χ0n) is 33.8. The predicted molar refractivity (Wildman–Crippen MR) is 204 cm³/mol. The lowest BCUT2D eigenvalue weighted by Gasteiger charge is -2.36. The van der Waals surface area contributed by atoms with Gasteiger partial charge >= 0.3 is 6.09 Å². The Morgan fingerprint density at radius 2 is 1.74 bits per heavy atom. The summed E-state index contributed by atoms with van der Waals surface area (Å²) in [5, 5.41) is 5.08.